The fourth-order valence-electron chi connectivity index (χ4n) is 0.715. The van der Waals surface area contributed by atoms with E-state index >= 15 is 0 Å². The quantitative estimate of drug-likeness (QED) is 0.357. The summed E-state index contributed by atoms with van der Waals surface area (Å²) in [5, 5.41) is 8.42. The summed E-state index contributed by atoms with van der Waals surface area (Å²) in [6.07, 6.45) is 5.07. The zero-order chi connectivity index (χ0) is 7.82. The summed E-state index contributed by atoms with van der Waals surface area (Å²) in [7, 11) is 0. The zero-order valence-corrected chi connectivity index (χ0v) is 6.34. The van der Waals surface area contributed by atoms with Crippen molar-refractivity contribution in [2.45, 2.75) is 26.2 Å². The maximum atomic E-state index is 9.92. The van der Waals surface area contributed by atoms with Gasteiger partial charge in [0.05, 0.1) is 0 Å². The molecule has 58 valence electrons. The third kappa shape index (κ3) is 5.51. The van der Waals surface area contributed by atoms with Gasteiger partial charge >= 0.3 is 0 Å². The summed E-state index contributed by atoms with van der Waals surface area (Å²) in [5.74, 6) is 0. The molecule has 0 aliphatic carbocycles. The predicted molar refractivity (Wildman–Crippen MR) is 40.8 cm³/mol. The van der Waals surface area contributed by atoms with Crippen molar-refractivity contribution in [2.24, 2.45) is 0 Å². The molecule has 2 heteroatoms. The molecule has 0 rings (SSSR count). The maximum absolute atomic E-state index is 9.92. The van der Waals surface area contributed by atoms with E-state index in [9.17, 15) is 4.79 Å². The minimum Gasteiger partial charge on any atom is -0.396 e. The zero-order valence-electron chi connectivity index (χ0n) is 6.34. The molecule has 0 bridgehead atoms. The highest BCUT2D eigenvalue weighted by atomic mass is 16.2. The molecule has 1 N–H and O–H groups in total. The van der Waals surface area contributed by atoms with E-state index in [2.05, 4.69) is 0 Å². The van der Waals surface area contributed by atoms with Crippen LogP contribution in [0.15, 0.2) is 11.6 Å². The van der Waals surface area contributed by atoms with Gasteiger partial charge in [0, 0.05) is 6.61 Å². The van der Waals surface area contributed by atoms with E-state index in [1.807, 2.05) is 6.92 Å². The Hall–Kier alpha value is -0.630. The molecule has 0 saturated carbocycles. The molecule has 0 fully saturated rings. The summed E-state index contributed by atoms with van der Waals surface area (Å²) in [6, 6.07) is 0. The van der Waals surface area contributed by atoms with Crippen LogP contribution in [-0.4, -0.2) is 18.0 Å². The lowest BCUT2D eigenvalue weighted by atomic mass is 10.1. The normalized spacial score (nSPS) is 11.6. The third-order valence-electron chi connectivity index (χ3n) is 1.33. The molecule has 0 unspecified atom stereocenters. The fraction of sp³-hybridized carbons (Fsp3) is 0.625. The molecule has 0 aliphatic heterocycles. The van der Waals surface area contributed by atoms with E-state index < -0.39 is 0 Å². The van der Waals surface area contributed by atoms with Crippen molar-refractivity contribution in [1.82, 2.24) is 0 Å². The van der Waals surface area contributed by atoms with Crippen molar-refractivity contribution in [2.75, 3.05) is 6.61 Å². The number of aliphatic hydroxyl groups is 1. The second-order valence-electron chi connectivity index (χ2n) is 2.33. The van der Waals surface area contributed by atoms with Crippen molar-refractivity contribution >= 4 is 6.29 Å². The van der Waals surface area contributed by atoms with Crippen molar-refractivity contribution < 1.29 is 9.90 Å². The van der Waals surface area contributed by atoms with Crippen LogP contribution in [0.1, 0.15) is 26.2 Å². The lowest BCUT2D eigenvalue weighted by molar-refractivity contribution is -0.104. The Kier molecular flexibility index (Phi) is 6.08. The molecule has 0 heterocycles. The number of carbonyl (C=O) groups excluding carboxylic acids is 1. The lowest BCUT2D eigenvalue weighted by Gasteiger charge is -1.96. The van der Waals surface area contributed by atoms with Gasteiger partial charge in [-0.1, -0.05) is 5.57 Å². The Morgan fingerprint density at radius 2 is 2.20 bits per heavy atom. The molecule has 0 amide bonds. The van der Waals surface area contributed by atoms with Crippen molar-refractivity contribution in [3.63, 3.8) is 0 Å². The number of allylic oxidation sites excluding steroid dienone is 2. The Labute approximate surface area is 61.6 Å². The number of aldehydes is 1. The lowest BCUT2D eigenvalue weighted by Crippen LogP contribution is -1.84. The first-order valence-electron chi connectivity index (χ1n) is 3.53. The molecule has 0 aromatic carbocycles. The largest absolute Gasteiger partial charge is 0.396 e. The average Bonchev–Trinajstić information content (AvgIpc) is 1.89. The highest BCUT2D eigenvalue weighted by Gasteiger charge is 1.88. The Morgan fingerprint density at radius 3 is 2.70 bits per heavy atom. The molecule has 0 aromatic rings. The van der Waals surface area contributed by atoms with Gasteiger partial charge in [-0.2, -0.15) is 0 Å². The standard InChI is InChI=1S/C8H14O2/c1-8(5-7-10)4-2-3-6-9/h5,7,9H,2-4,6H2,1H3. The van der Waals surface area contributed by atoms with Gasteiger partial charge in [0.15, 0.2) is 0 Å². The molecule has 0 spiro atoms. The van der Waals surface area contributed by atoms with Crippen LogP contribution >= 0.6 is 0 Å². The molecule has 0 aliphatic rings. The van der Waals surface area contributed by atoms with E-state index in [1.54, 1.807) is 6.08 Å². The summed E-state index contributed by atoms with van der Waals surface area (Å²) in [6.45, 7) is 2.17. The molecular weight excluding hydrogens is 128 g/mol. The Morgan fingerprint density at radius 1 is 1.50 bits per heavy atom. The van der Waals surface area contributed by atoms with Gasteiger partial charge in [0.1, 0.15) is 6.29 Å². The van der Waals surface area contributed by atoms with Crippen LogP contribution in [0.2, 0.25) is 0 Å². The molecule has 0 aromatic heterocycles. The van der Waals surface area contributed by atoms with E-state index in [4.69, 9.17) is 5.11 Å². The van der Waals surface area contributed by atoms with Crippen molar-refractivity contribution in [1.29, 1.82) is 0 Å². The SMILES string of the molecule is CC(=CC=O)CCCCO. The van der Waals surface area contributed by atoms with Gasteiger partial charge in [0.2, 0.25) is 0 Å². The van der Waals surface area contributed by atoms with Crippen LogP contribution in [0.4, 0.5) is 0 Å². The number of hydrogen-bond acceptors (Lipinski definition) is 2. The number of aliphatic hydroxyl groups excluding tert-OH is 1. The monoisotopic (exact) mass is 142 g/mol. The Balaban J connectivity index is 3.29. The van der Waals surface area contributed by atoms with E-state index in [0.717, 1.165) is 31.1 Å². The summed E-state index contributed by atoms with van der Waals surface area (Å²) in [4.78, 5) is 9.92. The first-order valence-corrected chi connectivity index (χ1v) is 3.53. The smallest absolute Gasteiger partial charge is 0.142 e. The third-order valence-corrected chi connectivity index (χ3v) is 1.33. The van der Waals surface area contributed by atoms with Crippen LogP contribution in [0.25, 0.3) is 0 Å². The predicted octanol–water partition coefficient (Wildman–Crippen LogP) is 1.29. The molecule has 0 atom stereocenters. The van der Waals surface area contributed by atoms with Crippen LogP contribution in [0, 0.1) is 0 Å². The molecule has 2 nitrogen and oxygen atoms in total. The highest BCUT2D eigenvalue weighted by Crippen LogP contribution is 2.04. The molecule has 0 radical (unpaired) electrons. The second kappa shape index (κ2) is 6.49. The van der Waals surface area contributed by atoms with E-state index in [-0.39, 0.29) is 6.61 Å². The van der Waals surface area contributed by atoms with E-state index in [1.165, 1.54) is 0 Å². The van der Waals surface area contributed by atoms with Gasteiger partial charge in [-0.15, -0.1) is 0 Å². The number of carbonyl (C=O) groups is 1. The highest BCUT2D eigenvalue weighted by molar-refractivity contribution is 5.65. The summed E-state index contributed by atoms with van der Waals surface area (Å²) in [5.41, 5.74) is 1.09. The molecular formula is C8H14O2. The van der Waals surface area contributed by atoms with Crippen LogP contribution in [0.5, 0.6) is 0 Å². The minimum atomic E-state index is 0.244. The number of unbranched alkanes of at least 4 members (excludes halogenated alkanes) is 1. The van der Waals surface area contributed by atoms with Crippen molar-refractivity contribution in [3.05, 3.63) is 11.6 Å². The topological polar surface area (TPSA) is 37.3 Å². The fourth-order valence-corrected chi connectivity index (χ4v) is 0.715. The first kappa shape index (κ1) is 9.37. The van der Waals surface area contributed by atoms with Gasteiger partial charge in [-0.25, -0.2) is 0 Å². The van der Waals surface area contributed by atoms with Crippen LogP contribution in [0.3, 0.4) is 0 Å². The van der Waals surface area contributed by atoms with Crippen LogP contribution in [-0.2, 0) is 4.79 Å². The molecule has 10 heavy (non-hydrogen) atoms. The van der Waals surface area contributed by atoms with Gasteiger partial charge < -0.3 is 5.11 Å². The van der Waals surface area contributed by atoms with Crippen LogP contribution < -0.4 is 0 Å². The summed E-state index contributed by atoms with van der Waals surface area (Å²) >= 11 is 0. The van der Waals surface area contributed by atoms with Gasteiger partial charge in [-0.3, -0.25) is 4.79 Å². The van der Waals surface area contributed by atoms with Gasteiger partial charge in [-0.05, 0) is 32.3 Å². The maximum Gasteiger partial charge on any atom is 0.142 e. The number of rotatable bonds is 5. The first-order chi connectivity index (χ1) is 4.81. The Bertz CT molecular complexity index is 116. The molecule has 0 saturated heterocycles. The van der Waals surface area contributed by atoms with Gasteiger partial charge in [0.25, 0.3) is 0 Å². The minimum absolute atomic E-state index is 0.244. The number of hydrogen-bond donors (Lipinski definition) is 1. The van der Waals surface area contributed by atoms with E-state index in [0.29, 0.717) is 0 Å². The second-order valence-corrected chi connectivity index (χ2v) is 2.33. The average molecular weight is 142 g/mol. The summed E-state index contributed by atoms with van der Waals surface area (Å²) < 4.78 is 0. The van der Waals surface area contributed by atoms with Crippen molar-refractivity contribution in [3.8, 4) is 0 Å².